The van der Waals surface area contributed by atoms with Crippen molar-refractivity contribution in [1.82, 2.24) is 5.32 Å². The van der Waals surface area contributed by atoms with E-state index in [0.29, 0.717) is 6.04 Å². The zero-order valence-corrected chi connectivity index (χ0v) is 9.99. The standard InChI is InChI=1S/C14H21NO/c1-12-7-9-15-13(11-12)8-10-16-14-5-3-2-4-6-14/h2-6,12-13,15H,7-11H2,1H3. The first-order valence-corrected chi connectivity index (χ1v) is 6.26. The Hall–Kier alpha value is -1.02. The van der Waals surface area contributed by atoms with Gasteiger partial charge >= 0.3 is 0 Å². The third-order valence-electron chi connectivity index (χ3n) is 3.24. The second kappa shape index (κ2) is 5.90. The Kier molecular flexibility index (Phi) is 4.23. The zero-order valence-electron chi connectivity index (χ0n) is 9.99. The second-order valence-corrected chi connectivity index (χ2v) is 4.73. The van der Waals surface area contributed by atoms with Crippen molar-refractivity contribution in [1.29, 1.82) is 0 Å². The molecule has 2 nitrogen and oxygen atoms in total. The lowest BCUT2D eigenvalue weighted by Gasteiger charge is -2.28. The molecule has 16 heavy (non-hydrogen) atoms. The van der Waals surface area contributed by atoms with Gasteiger partial charge < -0.3 is 10.1 Å². The van der Waals surface area contributed by atoms with Crippen LogP contribution < -0.4 is 10.1 Å². The van der Waals surface area contributed by atoms with E-state index in [9.17, 15) is 0 Å². The molecule has 0 bridgehead atoms. The first-order valence-electron chi connectivity index (χ1n) is 6.26. The molecule has 2 heteroatoms. The third kappa shape index (κ3) is 3.53. The van der Waals surface area contributed by atoms with Gasteiger partial charge in [0.2, 0.25) is 0 Å². The molecule has 2 atom stereocenters. The number of piperidine rings is 1. The Morgan fingerprint density at radius 1 is 1.31 bits per heavy atom. The average molecular weight is 219 g/mol. The Labute approximate surface area is 98.0 Å². The van der Waals surface area contributed by atoms with Crippen LogP contribution in [0.2, 0.25) is 0 Å². The van der Waals surface area contributed by atoms with Crippen molar-refractivity contribution in [2.24, 2.45) is 5.92 Å². The van der Waals surface area contributed by atoms with Gasteiger partial charge in [-0.2, -0.15) is 0 Å². The van der Waals surface area contributed by atoms with E-state index in [4.69, 9.17) is 4.74 Å². The molecule has 0 aliphatic carbocycles. The first-order chi connectivity index (χ1) is 7.84. The van der Waals surface area contributed by atoms with Crippen LogP contribution in [0.15, 0.2) is 30.3 Å². The van der Waals surface area contributed by atoms with Gasteiger partial charge in [-0.15, -0.1) is 0 Å². The van der Waals surface area contributed by atoms with Gasteiger partial charge in [-0.05, 0) is 43.9 Å². The molecular weight excluding hydrogens is 198 g/mol. The van der Waals surface area contributed by atoms with E-state index in [2.05, 4.69) is 12.2 Å². The van der Waals surface area contributed by atoms with E-state index >= 15 is 0 Å². The monoisotopic (exact) mass is 219 g/mol. The summed E-state index contributed by atoms with van der Waals surface area (Å²) < 4.78 is 5.70. The second-order valence-electron chi connectivity index (χ2n) is 4.73. The number of para-hydroxylation sites is 1. The fraction of sp³-hybridized carbons (Fsp3) is 0.571. The van der Waals surface area contributed by atoms with E-state index in [0.717, 1.165) is 31.2 Å². The van der Waals surface area contributed by atoms with Gasteiger partial charge in [0.1, 0.15) is 5.75 Å². The van der Waals surface area contributed by atoms with Gasteiger partial charge in [0.25, 0.3) is 0 Å². The maximum atomic E-state index is 5.70. The Morgan fingerprint density at radius 3 is 2.88 bits per heavy atom. The number of ether oxygens (including phenoxy) is 1. The molecule has 2 rings (SSSR count). The highest BCUT2D eigenvalue weighted by molar-refractivity contribution is 5.20. The van der Waals surface area contributed by atoms with Crippen molar-refractivity contribution < 1.29 is 4.74 Å². The molecule has 1 aliphatic heterocycles. The third-order valence-corrected chi connectivity index (χ3v) is 3.24. The predicted octanol–water partition coefficient (Wildman–Crippen LogP) is 2.84. The molecule has 0 aromatic heterocycles. The fourth-order valence-electron chi connectivity index (χ4n) is 2.28. The van der Waals surface area contributed by atoms with Gasteiger partial charge in [-0.25, -0.2) is 0 Å². The zero-order chi connectivity index (χ0) is 11.2. The molecule has 0 amide bonds. The van der Waals surface area contributed by atoms with Crippen LogP contribution in [0, 0.1) is 5.92 Å². The molecule has 1 heterocycles. The number of benzene rings is 1. The molecule has 88 valence electrons. The fourth-order valence-corrected chi connectivity index (χ4v) is 2.28. The summed E-state index contributed by atoms with van der Waals surface area (Å²) in [5.74, 6) is 1.84. The Morgan fingerprint density at radius 2 is 2.12 bits per heavy atom. The van der Waals surface area contributed by atoms with Gasteiger partial charge in [0, 0.05) is 6.04 Å². The Bertz CT molecular complexity index is 299. The number of nitrogens with one attached hydrogen (secondary N) is 1. The number of hydrogen-bond acceptors (Lipinski definition) is 2. The van der Waals surface area contributed by atoms with Gasteiger partial charge in [-0.3, -0.25) is 0 Å². The first kappa shape index (κ1) is 11.5. The summed E-state index contributed by atoms with van der Waals surface area (Å²) in [6.07, 6.45) is 3.72. The maximum absolute atomic E-state index is 5.70. The van der Waals surface area contributed by atoms with Crippen molar-refractivity contribution in [3.05, 3.63) is 30.3 Å². The molecule has 2 unspecified atom stereocenters. The van der Waals surface area contributed by atoms with Crippen molar-refractivity contribution in [2.75, 3.05) is 13.2 Å². The van der Waals surface area contributed by atoms with Crippen molar-refractivity contribution in [3.63, 3.8) is 0 Å². The molecule has 1 saturated heterocycles. The lowest BCUT2D eigenvalue weighted by atomic mass is 9.93. The molecule has 0 radical (unpaired) electrons. The lowest BCUT2D eigenvalue weighted by molar-refractivity contribution is 0.245. The van der Waals surface area contributed by atoms with E-state index < -0.39 is 0 Å². The molecule has 1 N–H and O–H groups in total. The molecule has 1 aromatic rings. The van der Waals surface area contributed by atoms with E-state index in [1.807, 2.05) is 30.3 Å². The summed E-state index contributed by atoms with van der Waals surface area (Å²) in [6, 6.07) is 10.7. The van der Waals surface area contributed by atoms with Crippen LogP contribution in [-0.2, 0) is 0 Å². The SMILES string of the molecule is CC1CCNC(CCOc2ccccc2)C1. The maximum Gasteiger partial charge on any atom is 0.119 e. The van der Waals surface area contributed by atoms with Crippen molar-refractivity contribution in [3.8, 4) is 5.75 Å². The quantitative estimate of drug-likeness (QED) is 0.840. The Balaban J connectivity index is 1.68. The number of rotatable bonds is 4. The topological polar surface area (TPSA) is 21.3 Å². The van der Waals surface area contributed by atoms with Crippen LogP contribution in [0.4, 0.5) is 0 Å². The molecule has 0 spiro atoms. The highest BCUT2D eigenvalue weighted by Gasteiger charge is 2.17. The van der Waals surface area contributed by atoms with Crippen molar-refractivity contribution >= 4 is 0 Å². The summed E-state index contributed by atoms with van der Waals surface area (Å²) in [6.45, 7) is 4.32. The minimum Gasteiger partial charge on any atom is -0.494 e. The predicted molar refractivity (Wildman–Crippen MR) is 66.7 cm³/mol. The highest BCUT2D eigenvalue weighted by Crippen LogP contribution is 2.17. The molecule has 1 fully saturated rings. The van der Waals surface area contributed by atoms with Crippen LogP contribution in [0.25, 0.3) is 0 Å². The minimum atomic E-state index is 0.646. The van der Waals surface area contributed by atoms with E-state index in [-0.39, 0.29) is 0 Å². The smallest absolute Gasteiger partial charge is 0.119 e. The van der Waals surface area contributed by atoms with Gasteiger partial charge in [-0.1, -0.05) is 25.1 Å². The number of hydrogen-bond donors (Lipinski definition) is 1. The summed E-state index contributed by atoms with van der Waals surface area (Å²) in [5.41, 5.74) is 0. The average Bonchev–Trinajstić information content (AvgIpc) is 2.30. The minimum absolute atomic E-state index is 0.646. The summed E-state index contributed by atoms with van der Waals surface area (Å²) in [7, 11) is 0. The summed E-state index contributed by atoms with van der Waals surface area (Å²) in [5, 5.41) is 3.56. The van der Waals surface area contributed by atoms with Gasteiger partial charge in [0.15, 0.2) is 0 Å². The molecule has 1 aliphatic rings. The molecule has 0 saturated carbocycles. The van der Waals surface area contributed by atoms with Gasteiger partial charge in [0.05, 0.1) is 6.61 Å². The van der Waals surface area contributed by atoms with E-state index in [1.165, 1.54) is 12.8 Å². The molecule has 1 aromatic carbocycles. The lowest BCUT2D eigenvalue weighted by Crippen LogP contribution is -2.38. The van der Waals surface area contributed by atoms with Crippen LogP contribution >= 0.6 is 0 Å². The molecular formula is C14H21NO. The van der Waals surface area contributed by atoms with Crippen LogP contribution in [0.1, 0.15) is 26.2 Å². The van der Waals surface area contributed by atoms with Crippen LogP contribution in [0.3, 0.4) is 0 Å². The van der Waals surface area contributed by atoms with Crippen molar-refractivity contribution in [2.45, 2.75) is 32.2 Å². The van der Waals surface area contributed by atoms with Crippen LogP contribution in [0.5, 0.6) is 5.75 Å². The summed E-state index contributed by atoms with van der Waals surface area (Å²) in [4.78, 5) is 0. The van der Waals surface area contributed by atoms with Crippen LogP contribution in [-0.4, -0.2) is 19.2 Å². The summed E-state index contributed by atoms with van der Waals surface area (Å²) >= 11 is 0. The normalized spacial score (nSPS) is 25.3. The van der Waals surface area contributed by atoms with E-state index in [1.54, 1.807) is 0 Å². The highest BCUT2D eigenvalue weighted by atomic mass is 16.5. The largest absolute Gasteiger partial charge is 0.494 e.